The van der Waals surface area contributed by atoms with Crippen molar-refractivity contribution in [2.75, 3.05) is 0 Å². The van der Waals surface area contributed by atoms with Crippen LogP contribution < -0.4 is 0 Å². The zero-order valence-corrected chi connectivity index (χ0v) is 13.4. The molecule has 0 amide bonds. The fourth-order valence-corrected chi connectivity index (χ4v) is 3.46. The van der Waals surface area contributed by atoms with Crippen LogP contribution in [-0.4, -0.2) is 15.9 Å². The molecule has 0 spiro atoms. The minimum absolute atomic E-state index is 0.186. The first-order chi connectivity index (χ1) is 10.7. The van der Waals surface area contributed by atoms with Crippen LogP contribution in [0.2, 0.25) is 0 Å². The predicted molar refractivity (Wildman–Crippen MR) is 85.8 cm³/mol. The fourth-order valence-electron chi connectivity index (χ4n) is 2.86. The standard InChI is InChI=1S/C16H12BrN5/c1-2-13-11(7-19)14(12-8-20-22-16(12)21-13)10-5-3-4-9(6-18)15(10)17/h3-5,8,11,14H,2H2,1H3,(H,20,22). The van der Waals surface area contributed by atoms with Crippen LogP contribution in [0, 0.1) is 28.6 Å². The summed E-state index contributed by atoms with van der Waals surface area (Å²) in [4.78, 5) is 4.52. The van der Waals surface area contributed by atoms with Crippen molar-refractivity contribution >= 4 is 27.5 Å². The minimum Gasteiger partial charge on any atom is -0.261 e. The molecule has 2 heterocycles. The minimum atomic E-state index is -0.361. The van der Waals surface area contributed by atoms with E-state index >= 15 is 0 Å². The van der Waals surface area contributed by atoms with Crippen molar-refractivity contribution in [3.8, 4) is 12.1 Å². The van der Waals surface area contributed by atoms with Gasteiger partial charge in [-0.2, -0.15) is 15.6 Å². The second-order valence-electron chi connectivity index (χ2n) is 5.04. The van der Waals surface area contributed by atoms with Gasteiger partial charge < -0.3 is 0 Å². The molecule has 0 saturated heterocycles. The first kappa shape index (κ1) is 14.5. The number of H-pyrrole nitrogens is 1. The average molecular weight is 354 g/mol. The molecule has 2 aromatic rings. The van der Waals surface area contributed by atoms with Crippen molar-refractivity contribution < 1.29 is 0 Å². The molecule has 0 radical (unpaired) electrons. The van der Waals surface area contributed by atoms with Gasteiger partial charge in [-0.05, 0) is 34.0 Å². The third-order valence-corrected chi connectivity index (χ3v) is 4.80. The predicted octanol–water partition coefficient (Wildman–Crippen LogP) is 3.81. The van der Waals surface area contributed by atoms with Crippen molar-refractivity contribution in [2.45, 2.75) is 19.3 Å². The summed E-state index contributed by atoms with van der Waals surface area (Å²) in [6.07, 6.45) is 2.41. The third kappa shape index (κ3) is 2.13. The Labute approximate surface area is 136 Å². The Bertz CT molecular complexity index is 837. The zero-order chi connectivity index (χ0) is 15.7. The largest absolute Gasteiger partial charge is 0.261 e. The Morgan fingerprint density at radius 2 is 2.14 bits per heavy atom. The molecule has 1 N–H and O–H groups in total. The van der Waals surface area contributed by atoms with E-state index in [2.05, 4.69) is 43.3 Å². The van der Waals surface area contributed by atoms with Crippen LogP contribution in [0.15, 0.2) is 33.9 Å². The summed E-state index contributed by atoms with van der Waals surface area (Å²) in [5.74, 6) is 0.150. The van der Waals surface area contributed by atoms with Crippen LogP contribution in [0.25, 0.3) is 0 Å². The number of aromatic nitrogens is 2. The number of hydrogen-bond donors (Lipinski definition) is 1. The number of fused-ring (bicyclic) bond motifs is 1. The van der Waals surface area contributed by atoms with Crippen LogP contribution in [-0.2, 0) is 0 Å². The highest BCUT2D eigenvalue weighted by Gasteiger charge is 2.36. The molecule has 1 aliphatic rings. The Morgan fingerprint density at radius 3 is 2.82 bits per heavy atom. The molecular weight excluding hydrogens is 342 g/mol. The maximum Gasteiger partial charge on any atom is 0.151 e. The number of nitriles is 2. The monoisotopic (exact) mass is 353 g/mol. The van der Waals surface area contributed by atoms with Crippen molar-refractivity contribution in [3.05, 3.63) is 45.6 Å². The normalized spacial score (nSPS) is 19.7. The highest BCUT2D eigenvalue weighted by molar-refractivity contribution is 9.10. The van der Waals surface area contributed by atoms with Crippen molar-refractivity contribution in [3.63, 3.8) is 0 Å². The second kappa shape index (κ2) is 5.75. The molecule has 0 fully saturated rings. The Hall–Kier alpha value is -2.44. The van der Waals surface area contributed by atoms with Gasteiger partial charge in [-0.25, -0.2) is 4.99 Å². The SMILES string of the molecule is CCC1=Nc2[nH]ncc2C(c2cccc(C#N)c2Br)C1C#N. The van der Waals surface area contributed by atoms with Crippen LogP contribution >= 0.6 is 15.9 Å². The lowest BCUT2D eigenvalue weighted by molar-refractivity contribution is 0.704. The van der Waals surface area contributed by atoms with E-state index in [0.717, 1.165) is 21.3 Å². The molecule has 0 bridgehead atoms. The molecule has 6 heteroatoms. The summed E-state index contributed by atoms with van der Waals surface area (Å²) in [5, 5.41) is 25.8. The van der Waals surface area contributed by atoms with Gasteiger partial charge in [0.15, 0.2) is 5.82 Å². The van der Waals surface area contributed by atoms with E-state index in [9.17, 15) is 10.5 Å². The van der Waals surface area contributed by atoms with Crippen LogP contribution in [0.3, 0.4) is 0 Å². The fraction of sp³-hybridized carbons (Fsp3) is 0.250. The van der Waals surface area contributed by atoms with Crippen molar-refractivity contribution in [2.24, 2.45) is 10.9 Å². The molecule has 0 aliphatic carbocycles. The molecule has 5 nitrogen and oxygen atoms in total. The number of halogens is 1. The molecule has 1 aliphatic heterocycles. The lowest BCUT2D eigenvalue weighted by Gasteiger charge is -2.27. The Balaban J connectivity index is 2.24. The number of hydrogen-bond acceptors (Lipinski definition) is 4. The molecule has 108 valence electrons. The lowest BCUT2D eigenvalue weighted by atomic mass is 9.77. The molecule has 22 heavy (non-hydrogen) atoms. The first-order valence-corrected chi connectivity index (χ1v) is 7.69. The van der Waals surface area contributed by atoms with E-state index in [0.29, 0.717) is 17.8 Å². The van der Waals surface area contributed by atoms with Crippen LogP contribution in [0.4, 0.5) is 5.82 Å². The topological polar surface area (TPSA) is 88.6 Å². The van der Waals surface area contributed by atoms with Gasteiger partial charge in [-0.15, -0.1) is 0 Å². The van der Waals surface area contributed by atoms with Gasteiger partial charge in [-0.1, -0.05) is 19.1 Å². The smallest absolute Gasteiger partial charge is 0.151 e. The first-order valence-electron chi connectivity index (χ1n) is 6.90. The summed E-state index contributed by atoms with van der Waals surface area (Å²) in [5.41, 5.74) is 3.19. The molecule has 1 aromatic heterocycles. The van der Waals surface area contributed by atoms with Crippen molar-refractivity contribution in [1.82, 2.24) is 10.2 Å². The van der Waals surface area contributed by atoms with Gasteiger partial charge in [0.05, 0.1) is 23.7 Å². The number of nitrogens with zero attached hydrogens (tertiary/aromatic N) is 4. The van der Waals surface area contributed by atoms with E-state index in [1.54, 1.807) is 12.3 Å². The van der Waals surface area contributed by atoms with Gasteiger partial charge in [0.2, 0.25) is 0 Å². The quantitative estimate of drug-likeness (QED) is 0.889. The highest BCUT2D eigenvalue weighted by Crippen LogP contribution is 2.44. The molecule has 3 rings (SSSR count). The molecule has 2 unspecified atom stereocenters. The number of aliphatic imine (C=N–C) groups is 1. The molecule has 2 atom stereocenters. The Kier molecular flexibility index (Phi) is 3.79. The van der Waals surface area contributed by atoms with E-state index in [1.807, 2.05) is 19.1 Å². The summed E-state index contributed by atoms with van der Waals surface area (Å²) in [6.45, 7) is 1.99. The zero-order valence-electron chi connectivity index (χ0n) is 11.8. The number of aromatic amines is 1. The maximum absolute atomic E-state index is 9.66. The summed E-state index contributed by atoms with van der Waals surface area (Å²) < 4.78 is 0.729. The average Bonchev–Trinajstić information content (AvgIpc) is 3.01. The summed E-state index contributed by atoms with van der Waals surface area (Å²) in [7, 11) is 0. The van der Waals surface area contributed by atoms with E-state index in [-0.39, 0.29) is 11.8 Å². The van der Waals surface area contributed by atoms with E-state index < -0.39 is 0 Å². The Morgan fingerprint density at radius 1 is 1.32 bits per heavy atom. The highest BCUT2D eigenvalue weighted by atomic mass is 79.9. The van der Waals surface area contributed by atoms with E-state index in [4.69, 9.17) is 0 Å². The molecule has 0 saturated carbocycles. The second-order valence-corrected chi connectivity index (χ2v) is 5.83. The maximum atomic E-state index is 9.66. The van der Waals surface area contributed by atoms with Gasteiger partial charge in [0, 0.05) is 21.7 Å². The van der Waals surface area contributed by atoms with Crippen molar-refractivity contribution in [1.29, 1.82) is 10.5 Å². The van der Waals surface area contributed by atoms with Gasteiger partial charge in [0.1, 0.15) is 6.07 Å². The molecule has 1 aromatic carbocycles. The summed E-state index contributed by atoms with van der Waals surface area (Å²) in [6, 6.07) is 10.1. The van der Waals surface area contributed by atoms with Crippen LogP contribution in [0.1, 0.15) is 36.0 Å². The number of rotatable bonds is 2. The lowest BCUT2D eigenvalue weighted by Crippen LogP contribution is -2.25. The van der Waals surface area contributed by atoms with Gasteiger partial charge in [0.25, 0.3) is 0 Å². The van der Waals surface area contributed by atoms with Gasteiger partial charge in [-0.3, -0.25) is 5.10 Å². The number of benzene rings is 1. The summed E-state index contributed by atoms with van der Waals surface area (Å²) >= 11 is 3.51. The van der Waals surface area contributed by atoms with Crippen LogP contribution in [0.5, 0.6) is 0 Å². The number of nitrogens with one attached hydrogen (secondary N) is 1. The van der Waals surface area contributed by atoms with Gasteiger partial charge >= 0.3 is 0 Å². The van der Waals surface area contributed by atoms with E-state index in [1.165, 1.54) is 0 Å². The molecular formula is C16H12BrN5. The third-order valence-electron chi connectivity index (χ3n) is 3.92.